The van der Waals surface area contributed by atoms with Gasteiger partial charge in [0.15, 0.2) is 0 Å². The second kappa shape index (κ2) is 3.96. The molecule has 0 rings (SSSR count). The molecule has 0 saturated carbocycles. The Morgan fingerprint density at radius 2 is 2.11 bits per heavy atom. The first kappa shape index (κ1) is 9.05. The van der Waals surface area contributed by atoms with Crippen LogP contribution in [-0.4, -0.2) is 19.1 Å². The van der Waals surface area contributed by atoms with E-state index in [4.69, 9.17) is 0 Å². The highest BCUT2D eigenvalue weighted by molar-refractivity contribution is 8.33. The minimum Gasteiger partial charge on any atom is -0.278 e. The Hall–Kier alpha value is 0.0500. The molecule has 0 amide bonds. The number of hydrogen-bond acceptors (Lipinski definition) is 1. The van der Waals surface area contributed by atoms with Crippen LogP contribution in [0.2, 0.25) is 0 Å². The summed E-state index contributed by atoms with van der Waals surface area (Å²) >= 11 is 0. The first-order valence-corrected chi connectivity index (χ1v) is 5.74. The maximum absolute atomic E-state index is 3.76. The summed E-state index contributed by atoms with van der Waals surface area (Å²) in [5.74, 6) is 0. The zero-order valence-corrected chi connectivity index (χ0v) is 7.42. The standard InChI is InChI=1S/C7H17NS/c1-5-7-8-9(3,4)6-2/h6,8H,2,5,7H2,1,3-4H3. The Kier molecular flexibility index (Phi) is 3.98. The molecule has 0 unspecified atom stereocenters. The highest BCUT2D eigenvalue weighted by Crippen LogP contribution is 2.34. The predicted octanol–water partition coefficient (Wildman–Crippen LogP) is 2.11. The van der Waals surface area contributed by atoms with Gasteiger partial charge < -0.3 is 0 Å². The first-order valence-electron chi connectivity index (χ1n) is 3.23. The van der Waals surface area contributed by atoms with Crippen molar-refractivity contribution in [2.24, 2.45) is 0 Å². The fourth-order valence-electron chi connectivity index (χ4n) is 0.424. The molecule has 2 heteroatoms. The van der Waals surface area contributed by atoms with Crippen molar-refractivity contribution in [3.05, 3.63) is 12.0 Å². The molecule has 0 aromatic carbocycles. The Morgan fingerprint density at radius 3 is 2.44 bits per heavy atom. The Labute approximate surface area is 60.0 Å². The van der Waals surface area contributed by atoms with Crippen molar-refractivity contribution in [3.63, 3.8) is 0 Å². The third-order valence-corrected chi connectivity index (χ3v) is 2.92. The van der Waals surface area contributed by atoms with Gasteiger partial charge in [-0.05, 0) is 24.3 Å². The minimum atomic E-state index is -0.668. The van der Waals surface area contributed by atoms with Crippen molar-refractivity contribution < 1.29 is 0 Å². The van der Waals surface area contributed by atoms with Crippen LogP contribution in [0.3, 0.4) is 0 Å². The van der Waals surface area contributed by atoms with Gasteiger partial charge in [-0.3, -0.25) is 4.72 Å². The van der Waals surface area contributed by atoms with Crippen LogP contribution in [0.4, 0.5) is 0 Å². The van der Waals surface area contributed by atoms with E-state index in [1.165, 1.54) is 6.42 Å². The van der Waals surface area contributed by atoms with E-state index in [1.54, 1.807) is 0 Å². The van der Waals surface area contributed by atoms with Gasteiger partial charge in [-0.15, -0.1) is 0 Å². The molecular weight excluding hydrogens is 130 g/mol. The molecule has 0 aliphatic carbocycles. The third kappa shape index (κ3) is 4.55. The molecule has 0 heterocycles. The summed E-state index contributed by atoms with van der Waals surface area (Å²) in [7, 11) is -0.668. The normalized spacial score (nSPS) is 13.2. The third-order valence-electron chi connectivity index (χ3n) is 1.14. The topological polar surface area (TPSA) is 12.0 Å². The average molecular weight is 147 g/mol. The maximum Gasteiger partial charge on any atom is 0.00438 e. The Bertz CT molecular complexity index is 88.9. The second-order valence-electron chi connectivity index (χ2n) is 2.47. The van der Waals surface area contributed by atoms with Gasteiger partial charge in [0, 0.05) is 6.54 Å². The lowest BCUT2D eigenvalue weighted by Gasteiger charge is -2.27. The lowest BCUT2D eigenvalue weighted by atomic mass is 10.5. The molecule has 0 aliphatic rings. The molecular formula is C7H17NS. The van der Waals surface area contributed by atoms with Crippen molar-refractivity contribution >= 4 is 10.2 Å². The van der Waals surface area contributed by atoms with Gasteiger partial charge in [0.05, 0.1) is 0 Å². The summed E-state index contributed by atoms with van der Waals surface area (Å²) in [6.45, 7) is 7.04. The maximum atomic E-state index is 3.76. The summed E-state index contributed by atoms with van der Waals surface area (Å²) in [5, 5.41) is 2.02. The van der Waals surface area contributed by atoms with E-state index in [9.17, 15) is 0 Å². The molecule has 0 spiro atoms. The number of hydrogen-bond donors (Lipinski definition) is 1. The van der Waals surface area contributed by atoms with Crippen LogP contribution in [0.25, 0.3) is 0 Å². The van der Waals surface area contributed by atoms with Crippen LogP contribution in [0, 0.1) is 0 Å². The average Bonchev–Trinajstić information content (AvgIpc) is 1.84. The molecule has 9 heavy (non-hydrogen) atoms. The van der Waals surface area contributed by atoms with E-state index >= 15 is 0 Å². The largest absolute Gasteiger partial charge is 0.278 e. The monoisotopic (exact) mass is 147 g/mol. The van der Waals surface area contributed by atoms with Crippen LogP contribution in [-0.2, 0) is 0 Å². The zero-order chi connectivity index (χ0) is 7.33. The van der Waals surface area contributed by atoms with Crippen molar-refractivity contribution in [1.29, 1.82) is 0 Å². The highest BCUT2D eigenvalue weighted by atomic mass is 32.3. The smallest absolute Gasteiger partial charge is 0.00438 e. The van der Waals surface area contributed by atoms with Gasteiger partial charge in [0.25, 0.3) is 0 Å². The van der Waals surface area contributed by atoms with Crippen LogP contribution < -0.4 is 4.72 Å². The lowest BCUT2D eigenvalue weighted by molar-refractivity contribution is 0.872. The lowest BCUT2D eigenvalue weighted by Crippen LogP contribution is -2.16. The molecule has 0 aromatic rings. The van der Waals surface area contributed by atoms with Gasteiger partial charge in [-0.2, -0.15) is 10.2 Å². The molecule has 0 aliphatic heterocycles. The quantitative estimate of drug-likeness (QED) is 0.642. The van der Waals surface area contributed by atoms with E-state index < -0.39 is 10.2 Å². The van der Waals surface area contributed by atoms with E-state index in [2.05, 4.69) is 30.7 Å². The molecule has 56 valence electrons. The molecule has 0 fully saturated rings. The van der Waals surface area contributed by atoms with Crippen LogP contribution in [0.1, 0.15) is 13.3 Å². The zero-order valence-electron chi connectivity index (χ0n) is 6.61. The van der Waals surface area contributed by atoms with E-state index in [1.807, 2.05) is 5.41 Å². The van der Waals surface area contributed by atoms with E-state index in [-0.39, 0.29) is 0 Å². The summed E-state index contributed by atoms with van der Waals surface area (Å²) in [6.07, 6.45) is 5.61. The molecule has 0 aromatic heterocycles. The molecule has 0 atom stereocenters. The number of rotatable bonds is 4. The van der Waals surface area contributed by atoms with Gasteiger partial charge in [-0.1, -0.05) is 13.5 Å². The molecule has 0 radical (unpaired) electrons. The van der Waals surface area contributed by atoms with Gasteiger partial charge in [-0.25, -0.2) is 0 Å². The molecule has 0 bridgehead atoms. The SMILES string of the molecule is C=CS(C)(C)NCCC. The summed E-state index contributed by atoms with van der Waals surface area (Å²) < 4.78 is 3.42. The van der Waals surface area contributed by atoms with Gasteiger partial charge >= 0.3 is 0 Å². The summed E-state index contributed by atoms with van der Waals surface area (Å²) in [5.41, 5.74) is 0. The predicted molar refractivity (Wildman–Crippen MR) is 47.9 cm³/mol. The summed E-state index contributed by atoms with van der Waals surface area (Å²) in [4.78, 5) is 0. The van der Waals surface area contributed by atoms with Crippen LogP contribution in [0.15, 0.2) is 12.0 Å². The van der Waals surface area contributed by atoms with Crippen molar-refractivity contribution in [2.45, 2.75) is 13.3 Å². The number of nitrogens with one attached hydrogen (secondary N) is 1. The Morgan fingerprint density at radius 1 is 1.56 bits per heavy atom. The minimum absolute atomic E-state index is 0.668. The van der Waals surface area contributed by atoms with Gasteiger partial charge in [0.1, 0.15) is 0 Å². The van der Waals surface area contributed by atoms with Crippen molar-refractivity contribution in [2.75, 3.05) is 19.1 Å². The van der Waals surface area contributed by atoms with E-state index in [0.29, 0.717) is 0 Å². The summed E-state index contributed by atoms with van der Waals surface area (Å²) in [6, 6.07) is 0. The fourth-order valence-corrected chi connectivity index (χ4v) is 1.27. The first-order chi connectivity index (χ1) is 4.12. The van der Waals surface area contributed by atoms with Crippen LogP contribution in [0.5, 0.6) is 0 Å². The Balaban J connectivity index is 3.45. The van der Waals surface area contributed by atoms with E-state index in [0.717, 1.165) is 6.54 Å². The molecule has 1 nitrogen and oxygen atoms in total. The fraction of sp³-hybridized carbons (Fsp3) is 0.714. The van der Waals surface area contributed by atoms with Gasteiger partial charge in [0.2, 0.25) is 0 Å². The van der Waals surface area contributed by atoms with Crippen LogP contribution >= 0.6 is 10.2 Å². The van der Waals surface area contributed by atoms with Crippen molar-refractivity contribution in [1.82, 2.24) is 4.72 Å². The second-order valence-corrected chi connectivity index (χ2v) is 5.90. The molecule has 0 saturated heterocycles. The highest BCUT2D eigenvalue weighted by Gasteiger charge is 2.01. The molecule has 1 N–H and O–H groups in total. The van der Waals surface area contributed by atoms with Crippen molar-refractivity contribution in [3.8, 4) is 0 Å².